The molecule has 0 radical (unpaired) electrons. The first-order valence-corrected chi connectivity index (χ1v) is 6.80. The highest BCUT2D eigenvalue weighted by Crippen LogP contribution is 2.41. The molecule has 19 heavy (non-hydrogen) atoms. The highest BCUT2D eigenvalue weighted by molar-refractivity contribution is 6.23. The van der Waals surface area contributed by atoms with Crippen LogP contribution in [0.1, 0.15) is 41.9 Å². The second-order valence-electron chi connectivity index (χ2n) is 6.18. The van der Waals surface area contributed by atoms with E-state index in [0.29, 0.717) is 0 Å². The first kappa shape index (κ1) is 11.0. The van der Waals surface area contributed by atoms with E-state index >= 15 is 0 Å². The van der Waals surface area contributed by atoms with Crippen LogP contribution in [0.3, 0.4) is 0 Å². The molecule has 3 heteroatoms. The number of nitrogens with zero attached hydrogens (tertiary/aromatic N) is 1. The molecule has 0 fully saturated rings. The Kier molecular flexibility index (Phi) is 1.93. The topological polar surface area (TPSA) is 45.2 Å². The van der Waals surface area contributed by atoms with E-state index in [2.05, 4.69) is 29.9 Å². The van der Waals surface area contributed by atoms with Crippen LogP contribution >= 0.6 is 0 Å². The van der Waals surface area contributed by atoms with Gasteiger partial charge in [0, 0.05) is 33.1 Å². The zero-order valence-corrected chi connectivity index (χ0v) is 11.2. The Hall–Kier alpha value is -1.90. The zero-order chi connectivity index (χ0) is 13.2. The maximum Gasteiger partial charge on any atom is 0.184 e. The SMILES string of the molecule is CC1(C)CCc2[nH]c3cccc4c3c2C1=NCC4=O. The number of carbonyl (C=O) groups is 1. The van der Waals surface area contributed by atoms with Crippen LogP contribution in [-0.2, 0) is 6.42 Å². The first-order valence-electron chi connectivity index (χ1n) is 6.80. The highest BCUT2D eigenvalue weighted by atomic mass is 16.1. The molecule has 1 N–H and O–H groups in total. The van der Waals surface area contributed by atoms with Crippen molar-refractivity contribution < 1.29 is 4.79 Å². The van der Waals surface area contributed by atoms with Gasteiger partial charge in [-0.15, -0.1) is 0 Å². The van der Waals surface area contributed by atoms with Gasteiger partial charge in [-0.25, -0.2) is 0 Å². The van der Waals surface area contributed by atoms with Crippen molar-refractivity contribution in [2.24, 2.45) is 10.4 Å². The lowest BCUT2D eigenvalue weighted by molar-refractivity contribution is 0.100. The largest absolute Gasteiger partial charge is 0.358 e. The van der Waals surface area contributed by atoms with Crippen molar-refractivity contribution in [1.29, 1.82) is 0 Å². The van der Waals surface area contributed by atoms with Gasteiger partial charge in [0.05, 0.1) is 5.71 Å². The minimum Gasteiger partial charge on any atom is -0.358 e. The molecular weight excluding hydrogens is 236 g/mol. The second kappa shape index (κ2) is 3.35. The van der Waals surface area contributed by atoms with E-state index in [1.165, 1.54) is 11.3 Å². The maximum atomic E-state index is 12.3. The number of benzene rings is 1. The Morgan fingerprint density at radius 2 is 2.16 bits per heavy atom. The molecule has 0 saturated heterocycles. The summed E-state index contributed by atoms with van der Waals surface area (Å²) < 4.78 is 0. The highest BCUT2D eigenvalue weighted by Gasteiger charge is 2.36. The van der Waals surface area contributed by atoms with E-state index in [1.807, 2.05) is 12.1 Å². The third-order valence-electron chi connectivity index (χ3n) is 4.46. The average molecular weight is 252 g/mol. The standard InChI is InChI=1S/C16H16N2O/c1-16(2)7-6-11-14-13-9(4-3-5-10(13)18-11)12(19)8-17-15(14)16/h3-5,18H,6-8H2,1-2H3. The summed E-state index contributed by atoms with van der Waals surface area (Å²) in [6.45, 7) is 4.74. The Balaban J connectivity index is 2.19. The van der Waals surface area contributed by atoms with Gasteiger partial charge in [-0.1, -0.05) is 26.0 Å². The number of hydrogen-bond donors (Lipinski definition) is 1. The summed E-state index contributed by atoms with van der Waals surface area (Å²) in [4.78, 5) is 20.4. The number of carbonyl (C=O) groups excluding carboxylic acids is 1. The van der Waals surface area contributed by atoms with E-state index in [-0.39, 0.29) is 17.7 Å². The Morgan fingerprint density at radius 3 is 3.00 bits per heavy atom. The molecule has 1 aliphatic carbocycles. The van der Waals surface area contributed by atoms with Gasteiger partial charge >= 0.3 is 0 Å². The third kappa shape index (κ3) is 1.33. The summed E-state index contributed by atoms with van der Waals surface area (Å²) in [5.74, 6) is 0.130. The Bertz CT molecular complexity index is 749. The molecule has 0 bridgehead atoms. The summed E-state index contributed by atoms with van der Waals surface area (Å²) in [6.07, 6.45) is 2.11. The van der Waals surface area contributed by atoms with E-state index in [1.54, 1.807) is 0 Å². The Morgan fingerprint density at radius 1 is 1.32 bits per heavy atom. The monoisotopic (exact) mass is 252 g/mol. The summed E-state index contributed by atoms with van der Waals surface area (Å²) >= 11 is 0. The molecule has 0 unspecified atom stereocenters. The number of ketones is 1. The minimum absolute atomic E-state index is 0.0554. The number of aromatic nitrogens is 1. The number of rotatable bonds is 0. The predicted molar refractivity (Wildman–Crippen MR) is 76.1 cm³/mol. The molecule has 1 aliphatic heterocycles. The molecule has 96 valence electrons. The average Bonchev–Trinajstić information content (AvgIpc) is 2.66. The quantitative estimate of drug-likeness (QED) is 0.769. The number of nitrogens with one attached hydrogen (secondary N) is 1. The van der Waals surface area contributed by atoms with Gasteiger partial charge in [0.25, 0.3) is 0 Å². The second-order valence-corrected chi connectivity index (χ2v) is 6.18. The molecule has 0 spiro atoms. The lowest BCUT2D eigenvalue weighted by Gasteiger charge is -2.31. The zero-order valence-electron chi connectivity index (χ0n) is 11.2. The summed E-state index contributed by atoms with van der Waals surface area (Å²) in [6, 6.07) is 5.94. The molecule has 0 atom stereocenters. The predicted octanol–water partition coefficient (Wildman–Crippen LogP) is 3.13. The van der Waals surface area contributed by atoms with E-state index in [4.69, 9.17) is 0 Å². The Labute approximate surface area is 111 Å². The molecule has 1 aromatic heterocycles. The molecule has 2 aromatic rings. The first-order chi connectivity index (χ1) is 9.08. The van der Waals surface area contributed by atoms with E-state index < -0.39 is 0 Å². The van der Waals surface area contributed by atoms with Crippen molar-refractivity contribution in [2.45, 2.75) is 26.7 Å². The lowest BCUT2D eigenvalue weighted by Crippen LogP contribution is -2.31. The van der Waals surface area contributed by atoms with Gasteiger partial charge in [0.1, 0.15) is 6.54 Å². The van der Waals surface area contributed by atoms with Crippen molar-refractivity contribution in [3.8, 4) is 0 Å². The summed E-state index contributed by atoms with van der Waals surface area (Å²) in [5, 5.41) is 1.09. The fraction of sp³-hybridized carbons (Fsp3) is 0.375. The fourth-order valence-corrected chi connectivity index (χ4v) is 3.41. The van der Waals surface area contributed by atoms with E-state index in [9.17, 15) is 4.79 Å². The normalized spacial score (nSPS) is 20.3. The number of hydrogen-bond acceptors (Lipinski definition) is 2. The molecule has 4 rings (SSSR count). The lowest BCUT2D eigenvalue weighted by atomic mass is 9.74. The number of aliphatic imine (C=N–C) groups is 1. The number of Topliss-reactive ketones (excluding diaryl/α,β-unsaturated/α-hetero) is 1. The molecule has 1 aromatic carbocycles. The van der Waals surface area contributed by atoms with Gasteiger partial charge in [0.15, 0.2) is 5.78 Å². The number of aromatic amines is 1. The molecule has 0 saturated carbocycles. The minimum atomic E-state index is 0.0554. The molecule has 3 nitrogen and oxygen atoms in total. The van der Waals surface area contributed by atoms with Crippen LogP contribution < -0.4 is 0 Å². The van der Waals surface area contributed by atoms with Crippen LogP contribution in [0.5, 0.6) is 0 Å². The van der Waals surface area contributed by atoms with E-state index in [0.717, 1.165) is 35.0 Å². The molecule has 2 aliphatic rings. The molecule has 0 amide bonds. The van der Waals surface area contributed by atoms with Crippen molar-refractivity contribution >= 4 is 22.4 Å². The third-order valence-corrected chi connectivity index (χ3v) is 4.46. The van der Waals surface area contributed by atoms with Crippen LogP contribution in [0.4, 0.5) is 0 Å². The van der Waals surface area contributed by atoms with Gasteiger partial charge in [-0.3, -0.25) is 9.79 Å². The van der Waals surface area contributed by atoms with Crippen LogP contribution in [-0.4, -0.2) is 23.0 Å². The van der Waals surface area contributed by atoms with Crippen LogP contribution in [0.25, 0.3) is 10.9 Å². The summed E-state index contributed by atoms with van der Waals surface area (Å²) in [5.41, 5.74) is 5.51. The van der Waals surface area contributed by atoms with Crippen molar-refractivity contribution in [3.63, 3.8) is 0 Å². The van der Waals surface area contributed by atoms with Gasteiger partial charge in [-0.2, -0.15) is 0 Å². The van der Waals surface area contributed by atoms with Crippen molar-refractivity contribution in [1.82, 2.24) is 4.98 Å². The van der Waals surface area contributed by atoms with Crippen molar-refractivity contribution in [3.05, 3.63) is 35.0 Å². The van der Waals surface area contributed by atoms with Crippen molar-refractivity contribution in [2.75, 3.05) is 6.54 Å². The summed E-state index contributed by atoms with van der Waals surface area (Å²) in [7, 11) is 0. The van der Waals surface area contributed by atoms with Crippen LogP contribution in [0, 0.1) is 5.41 Å². The van der Waals surface area contributed by atoms with Gasteiger partial charge in [0.2, 0.25) is 0 Å². The molecule has 2 heterocycles. The van der Waals surface area contributed by atoms with Crippen LogP contribution in [0.15, 0.2) is 23.2 Å². The number of H-pyrrole nitrogens is 1. The van der Waals surface area contributed by atoms with Crippen LogP contribution in [0.2, 0.25) is 0 Å². The maximum absolute atomic E-state index is 12.3. The number of aryl methyl sites for hydroxylation is 1. The van der Waals surface area contributed by atoms with Gasteiger partial charge in [-0.05, 0) is 18.9 Å². The molecular formula is C16H16N2O. The van der Waals surface area contributed by atoms with Gasteiger partial charge < -0.3 is 4.98 Å². The smallest absolute Gasteiger partial charge is 0.184 e. The fourth-order valence-electron chi connectivity index (χ4n) is 3.41.